The van der Waals surface area contributed by atoms with Crippen LogP contribution in [0.3, 0.4) is 0 Å². The largest absolute Gasteiger partial charge is 0.493 e. The number of hydrazone groups is 1. The van der Waals surface area contributed by atoms with Crippen LogP contribution in [0.2, 0.25) is 5.02 Å². The number of amides is 1. The van der Waals surface area contributed by atoms with E-state index in [9.17, 15) is 4.79 Å². The van der Waals surface area contributed by atoms with E-state index in [4.69, 9.17) is 21.1 Å². The molecule has 0 aliphatic heterocycles. The van der Waals surface area contributed by atoms with Crippen molar-refractivity contribution in [3.63, 3.8) is 0 Å². The van der Waals surface area contributed by atoms with Crippen LogP contribution in [0, 0.1) is 6.92 Å². The van der Waals surface area contributed by atoms with Gasteiger partial charge in [0.2, 0.25) is 0 Å². The molecule has 0 aromatic heterocycles. The van der Waals surface area contributed by atoms with E-state index in [0.29, 0.717) is 34.3 Å². The van der Waals surface area contributed by atoms with Gasteiger partial charge in [-0.25, -0.2) is 5.43 Å². The van der Waals surface area contributed by atoms with Gasteiger partial charge >= 0.3 is 0 Å². The Morgan fingerprint density at radius 2 is 1.83 bits per heavy atom. The van der Waals surface area contributed by atoms with Gasteiger partial charge in [0.15, 0.2) is 11.5 Å². The highest BCUT2D eigenvalue weighted by Gasteiger charge is 2.12. The minimum atomic E-state index is -0.278. The average molecular weight is 409 g/mol. The Hall–Kier alpha value is -3.31. The molecule has 0 bridgehead atoms. The van der Waals surface area contributed by atoms with Crippen LogP contribution in [-0.2, 0) is 6.61 Å². The quantitative estimate of drug-likeness (QED) is 0.442. The Kier molecular flexibility index (Phi) is 6.87. The smallest absolute Gasteiger partial charge is 0.271 e. The summed E-state index contributed by atoms with van der Waals surface area (Å²) in [5.41, 5.74) is 5.67. The van der Waals surface area contributed by atoms with Crippen LogP contribution in [0.15, 0.2) is 71.8 Å². The highest BCUT2D eigenvalue weighted by atomic mass is 35.5. The lowest BCUT2D eigenvalue weighted by atomic mass is 10.1. The first kappa shape index (κ1) is 20.4. The number of methoxy groups -OCH3 is 1. The molecular weight excluding hydrogens is 388 g/mol. The maximum atomic E-state index is 12.2. The number of hydrogen-bond acceptors (Lipinski definition) is 4. The second kappa shape index (κ2) is 9.75. The molecule has 0 unspecified atom stereocenters. The summed E-state index contributed by atoms with van der Waals surface area (Å²) in [6.45, 7) is 2.24. The zero-order chi connectivity index (χ0) is 20.6. The fourth-order valence-electron chi connectivity index (χ4n) is 2.74. The first-order valence-corrected chi connectivity index (χ1v) is 9.39. The lowest BCUT2D eigenvalue weighted by Gasteiger charge is -2.13. The van der Waals surface area contributed by atoms with Gasteiger partial charge in [-0.1, -0.05) is 60.1 Å². The number of benzene rings is 3. The lowest BCUT2D eigenvalue weighted by Crippen LogP contribution is -2.18. The summed E-state index contributed by atoms with van der Waals surface area (Å²) in [5, 5.41) is 4.41. The molecule has 29 heavy (non-hydrogen) atoms. The fourth-order valence-corrected chi connectivity index (χ4v) is 3.01. The second-order valence-electron chi connectivity index (χ2n) is 6.32. The molecule has 0 heterocycles. The molecule has 0 aliphatic rings. The lowest BCUT2D eigenvalue weighted by molar-refractivity contribution is 0.0954. The number of aryl methyl sites for hydroxylation is 1. The molecule has 0 saturated carbocycles. The van der Waals surface area contributed by atoms with Gasteiger partial charge in [-0.05, 0) is 41.8 Å². The van der Waals surface area contributed by atoms with Crippen LogP contribution < -0.4 is 14.9 Å². The van der Waals surface area contributed by atoms with E-state index >= 15 is 0 Å². The van der Waals surface area contributed by atoms with Crippen LogP contribution in [0.4, 0.5) is 0 Å². The molecule has 0 atom stereocenters. The molecule has 3 aromatic rings. The van der Waals surface area contributed by atoms with Crippen molar-refractivity contribution in [2.24, 2.45) is 5.10 Å². The minimum Gasteiger partial charge on any atom is -0.493 e. The SMILES string of the molecule is COc1cc(/C=N/NC(=O)c2ccccc2C)cc(Cl)c1OCc1ccccc1. The van der Waals surface area contributed by atoms with E-state index in [0.717, 1.165) is 11.1 Å². The van der Waals surface area contributed by atoms with Gasteiger partial charge in [-0.15, -0.1) is 0 Å². The second-order valence-corrected chi connectivity index (χ2v) is 6.73. The first-order valence-electron chi connectivity index (χ1n) is 9.02. The van der Waals surface area contributed by atoms with E-state index in [1.807, 2.05) is 55.5 Å². The number of nitrogens with zero attached hydrogens (tertiary/aromatic N) is 1. The molecule has 5 nitrogen and oxygen atoms in total. The summed E-state index contributed by atoms with van der Waals surface area (Å²) in [5.74, 6) is 0.666. The Morgan fingerprint density at radius 1 is 1.10 bits per heavy atom. The minimum absolute atomic E-state index is 0.278. The number of nitrogens with one attached hydrogen (secondary N) is 1. The number of ether oxygens (including phenoxy) is 2. The topological polar surface area (TPSA) is 59.9 Å². The fraction of sp³-hybridized carbons (Fsp3) is 0.130. The molecule has 6 heteroatoms. The number of carbonyl (C=O) groups is 1. The van der Waals surface area contributed by atoms with Crippen molar-refractivity contribution in [3.05, 3.63) is 94.0 Å². The molecular formula is C23H21ClN2O3. The van der Waals surface area contributed by atoms with Gasteiger partial charge in [-0.2, -0.15) is 5.10 Å². The number of rotatable bonds is 7. The maximum Gasteiger partial charge on any atom is 0.271 e. The normalized spacial score (nSPS) is 10.7. The monoisotopic (exact) mass is 408 g/mol. The summed E-state index contributed by atoms with van der Waals surface area (Å²) in [4.78, 5) is 12.2. The van der Waals surface area contributed by atoms with Crippen LogP contribution in [-0.4, -0.2) is 19.2 Å². The third kappa shape index (κ3) is 5.36. The molecule has 3 rings (SSSR count). The van der Waals surface area contributed by atoms with Crippen LogP contribution in [0.5, 0.6) is 11.5 Å². The van der Waals surface area contributed by atoms with Gasteiger partial charge in [-0.3, -0.25) is 4.79 Å². The highest BCUT2D eigenvalue weighted by Crippen LogP contribution is 2.36. The van der Waals surface area contributed by atoms with Crippen molar-refractivity contribution in [3.8, 4) is 11.5 Å². The predicted molar refractivity (Wildman–Crippen MR) is 115 cm³/mol. The molecule has 1 amide bonds. The zero-order valence-electron chi connectivity index (χ0n) is 16.2. The van der Waals surface area contributed by atoms with E-state index in [1.54, 1.807) is 25.3 Å². The van der Waals surface area contributed by atoms with Gasteiger partial charge in [0.1, 0.15) is 6.61 Å². The van der Waals surface area contributed by atoms with E-state index < -0.39 is 0 Å². The molecule has 0 spiro atoms. The van der Waals surface area contributed by atoms with Crippen molar-refractivity contribution in [1.29, 1.82) is 0 Å². The summed E-state index contributed by atoms with van der Waals surface area (Å²) in [6, 6.07) is 20.5. The summed E-state index contributed by atoms with van der Waals surface area (Å²) >= 11 is 6.38. The summed E-state index contributed by atoms with van der Waals surface area (Å²) < 4.78 is 11.3. The molecule has 0 radical (unpaired) electrons. The maximum absolute atomic E-state index is 12.2. The van der Waals surface area contributed by atoms with E-state index in [1.165, 1.54) is 6.21 Å². The van der Waals surface area contributed by atoms with Gasteiger partial charge in [0, 0.05) is 5.56 Å². The molecule has 0 saturated heterocycles. The van der Waals surface area contributed by atoms with Crippen LogP contribution >= 0.6 is 11.6 Å². The van der Waals surface area contributed by atoms with Gasteiger partial charge in [0.25, 0.3) is 5.91 Å². The predicted octanol–water partition coefficient (Wildman–Crippen LogP) is 5.00. The standard InChI is InChI=1S/C23H21ClN2O3/c1-16-8-6-7-11-19(16)23(27)26-25-14-18-12-20(24)22(21(13-18)28-2)29-15-17-9-4-3-5-10-17/h3-14H,15H2,1-2H3,(H,26,27)/b25-14+. The Labute approximate surface area is 174 Å². The van der Waals surface area contributed by atoms with E-state index in [2.05, 4.69) is 10.5 Å². The van der Waals surface area contributed by atoms with Crippen LogP contribution in [0.25, 0.3) is 0 Å². The van der Waals surface area contributed by atoms with Crippen molar-refractivity contribution >= 4 is 23.7 Å². The molecule has 3 aromatic carbocycles. The Balaban J connectivity index is 1.70. The van der Waals surface area contributed by atoms with E-state index in [-0.39, 0.29) is 5.91 Å². The molecule has 148 valence electrons. The first-order chi connectivity index (χ1) is 14.1. The number of carbonyl (C=O) groups excluding carboxylic acids is 1. The summed E-state index contributed by atoms with van der Waals surface area (Å²) in [6.07, 6.45) is 1.51. The van der Waals surface area contributed by atoms with Gasteiger partial charge in [0.05, 0.1) is 18.3 Å². The Bertz CT molecular complexity index is 1020. The Morgan fingerprint density at radius 3 is 2.55 bits per heavy atom. The number of hydrogen-bond donors (Lipinski definition) is 1. The average Bonchev–Trinajstić information content (AvgIpc) is 2.73. The number of halogens is 1. The third-order valence-electron chi connectivity index (χ3n) is 4.25. The van der Waals surface area contributed by atoms with Gasteiger partial charge < -0.3 is 9.47 Å². The molecule has 0 aliphatic carbocycles. The zero-order valence-corrected chi connectivity index (χ0v) is 16.9. The highest BCUT2D eigenvalue weighted by molar-refractivity contribution is 6.32. The van der Waals surface area contributed by atoms with Crippen molar-refractivity contribution in [2.75, 3.05) is 7.11 Å². The molecule has 0 fully saturated rings. The third-order valence-corrected chi connectivity index (χ3v) is 4.53. The van der Waals surface area contributed by atoms with Crippen molar-refractivity contribution in [1.82, 2.24) is 5.43 Å². The van der Waals surface area contributed by atoms with Crippen LogP contribution in [0.1, 0.15) is 27.0 Å². The van der Waals surface area contributed by atoms with Crippen molar-refractivity contribution < 1.29 is 14.3 Å². The summed E-state index contributed by atoms with van der Waals surface area (Å²) in [7, 11) is 1.54. The van der Waals surface area contributed by atoms with Crippen molar-refractivity contribution in [2.45, 2.75) is 13.5 Å². The molecule has 1 N–H and O–H groups in total.